The van der Waals surface area contributed by atoms with Gasteiger partial charge >= 0.3 is 0 Å². The molecule has 2 aromatic rings. The lowest BCUT2D eigenvalue weighted by atomic mass is 10.0. The maximum absolute atomic E-state index is 12.6. The van der Waals surface area contributed by atoms with E-state index in [1.807, 2.05) is 10.3 Å². The molecule has 5 nitrogen and oxygen atoms in total. The van der Waals surface area contributed by atoms with E-state index in [1.165, 1.54) is 11.3 Å². The Balaban J connectivity index is 0.00000121. The minimum Gasteiger partial charge on any atom is -0.328 e. The molecule has 0 saturated carbocycles. The fraction of sp³-hybridized carbons (Fsp3) is 0.462. The molecule has 2 aromatic heterocycles. The van der Waals surface area contributed by atoms with Crippen molar-refractivity contribution in [2.24, 2.45) is 5.73 Å². The first-order chi connectivity index (χ1) is 9.79. The van der Waals surface area contributed by atoms with Gasteiger partial charge in [0.1, 0.15) is 15.7 Å². The number of hydrogen-bond acceptors (Lipinski definition) is 6. The van der Waals surface area contributed by atoms with Crippen LogP contribution in [0.1, 0.15) is 45.8 Å². The number of amides is 1. The summed E-state index contributed by atoms with van der Waals surface area (Å²) in [6.45, 7) is 1.16. The van der Waals surface area contributed by atoms with Gasteiger partial charge in [-0.15, -0.1) is 47.5 Å². The summed E-state index contributed by atoms with van der Waals surface area (Å²) in [5.41, 5.74) is 6.07. The van der Waals surface area contributed by atoms with Crippen molar-refractivity contribution in [2.45, 2.75) is 31.8 Å². The Morgan fingerprint density at radius 2 is 2.18 bits per heavy atom. The van der Waals surface area contributed by atoms with E-state index in [4.69, 9.17) is 5.73 Å². The summed E-state index contributed by atoms with van der Waals surface area (Å²) in [5.74, 6) is 0.000787. The van der Waals surface area contributed by atoms with Gasteiger partial charge in [-0.25, -0.2) is 9.97 Å². The SMILES string of the molecule is Cl.Cl.NCc1nc(C(=O)N2CCCCC2c2nccs2)cs1. The van der Waals surface area contributed by atoms with Crippen LogP contribution in [0.25, 0.3) is 0 Å². The summed E-state index contributed by atoms with van der Waals surface area (Å²) in [6.07, 6.45) is 4.96. The van der Waals surface area contributed by atoms with Crippen LogP contribution >= 0.6 is 47.5 Å². The van der Waals surface area contributed by atoms with Crippen LogP contribution in [0.15, 0.2) is 17.0 Å². The van der Waals surface area contributed by atoms with Crippen LogP contribution in [0.3, 0.4) is 0 Å². The molecule has 0 aromatic carbocycles. The highest BCUT2D eigenvalue weighted by atomic mass is 35.5. The van der Waals surface area contributed by atoms with Gasteiger partial charge < -0.3 is 10.6 Å². The molecule has 9 heteroatoms. The Hall–Kier alpha value is -0.730. The first-order valence-corrected chi connectivity index (χ1v) is 8.40. The molecular weight excluding hydrogens is 363 g/mol. The number of piperidine rings is 1. The number of hydrogen-bond donors (Lipinski definition) is 1. The third-order valence-electron chi connectivity index (χ3n) is 3.45. The maximum Gasteiger partial charge on any atom is 0.273 e. The van der Waals surface area contributed by atoms with Crippen molar-refractivity contribution >= 4 is 53.4 Å². The first-order valence-electron chi connectivity index (χ1n) is 6.64. The van der Waals surface area contributed by atoms with Gasteiger partial charge in [-0.2, -0.15) is 0 Å². The van der Waals surface area contributed by atoms with Gasteiger partial charge in [0.15, 0.2) is 0 Å². The van der Waals surface area contributed by atoms with E-state index in [1.54, 1.807) is 22.9 Å². The Bertz CT molecular complexity index is 591. The number of thiazole rings is 2. The number of nitrogens with zero attached hydrogens (tertiary/aromatic N) is 3. The van der Waals surface area contributed by atoms with E-state index >= 15 is 0 Å². The molecule has 0 bridgehead atoms. The van der Waals surface area contributed by atoms with E-state index in [9.17, 15) is 4.79 Å². The Morgan fingerprint density at radius 1 is 1.36 bits per heavy atom. The zero-order valence-electron chi connectivity index (χ0n) is 11.8. The third-order valence-corrected chi connectivity index (χ3v) is 5.19. The van der Waals surface area contributed by atoms with E-state index in [0.29, 0.717) is 12.2 Å². The molecule has 1 unspecified atom stereocenters. The van der Waals surface area contributed by atoms with E-state index < -0.39 is 0 Å². The highest BCUT2D eigenvalue weighted by Gasteiger charge is 2.31. The zero-order valence-corrected chi connectivity index (χ0v) is 15.1. The van der Waals surface area contributed by atoms with Gasteiger partial charge in [0.2, 0.25) is 0 Å². The lowest BCUT2D eigenvalue weighted by Gasteiger charge is -2.34. The monoisotopic (exact) mass is 380 g/mol. The average molecular weight is 381 g/mol. The van der Waals surface area contributed by atoms with E-state index in [0.717, 1.165) is 35.8 Å². The van der Waals surface area contributed by atoms with Crippen LogP contribution < -0.4 is 5.73 Å². The molecule has 122 valence electrons. The fourth-order valence-corrected chi connectivity index (χ4v) is 3.91. The average Bonchev–Trinajstić information content (AvgIpc) is 3.17. The number of aromatic nitrogens is 2. The molecule has 1 fully saturated rings. The van der Waals surface area contributed by atoms with Crippen molar-refractivity contribution in [2.75, 3.05) is 6.54 Å². The predicted octanol–water partition coefficient (Wildman–Crippen LogP) is 3.27. The molecule has 1 aliphatic heterocycles. The Labute approximate surface area is 149 Å². The number of halogens is 2. The molecule has 0 spiro atoms. The van der Waals surface area contributed by atoms with Crippen molar-refractivity contribution in [3.63, 3.8) is 0 Å². The van der Waals surface area contributed by atoms with Crippen LogP contribution in [0.2, 0.25) is 0 Å². The molecule has 3 heterocycles. The molecule has 22 heavy (non-hydrogen) atoms. The molecule has 0 aliphatic carbocycles. The molecule has 1 atom stereocenters. The molecular formula is C13H18Cl2N4OS2. The summed E-state index contributed by atoms with van der Waals surface area (Å²) < 4.78 is 0. The molecule has 1 aliphatic rings. The summed E-state index contributed by atoms with van der Waals surface area (Å²) >= 11 is 3.06. The standard InChI is InChI=1S/C13H16N4OS2.2ClH/c14-7-11-16-9(8-20-11)13(18)17-5-2-1-3-10(17)12-15-4-6-19-12;;/h4,6,8,10H,1-3,5,7,14H2;2*1H. The highest BCUT2D eigenvalue weighted by Crippen LogP contribution is 2.33. The van der Waals surface area contributed by atoms with Gasteiger partial charge in [-0.05, 0) is 19.3 Å². The quantitative estimate of drug-likeness (QED) is 0.886. The summed E-state index contributed by atoms with van der Waals surface area (Å²) in [7, 11) is 0. The van der Waals surface area contributed by atoms with Gasteiger partial charge in [0.25, 0.3) is 5.91 Å². The van der Waals surface area contributed by atoms with E-state index in [-0.39, 0.29) is 36.8 Å². The molecule has 1 saturated heterocycles. The number of carbonyl (C=O) groups is 1. The van der Waals surface area contributed by atoms with Crippen LogP contribution in [-0.2, 0) is 6.54 Å². The fourth-order valence-electron chi connectivity index (χ4n) is 2.48. The normalized spacial score (nSPS) is 17.5. The number of rotatable bonds is 3. The van der Waals surface area contributed by atoms with Crippen molar-refractivity contribution in [1.29, 1.82) is 0 Å². The minimum absolute atomic E-state index is 0. The van der Waals surface area contributed by atoms with Crippen molar-refractivity contribution in [3.8, 4) is 0 Å². The molecule has 0 radical (unpaired) electrons. The highest BCUT2D eigenvalue weighted by molar-refractivity contribution is 7.10. The van der Waals surface area contributed by atoms with Crippen LogP contribution in [0.5, 0.6) is 0 Å². The predicted molar refractivity (Wildman–Crippen MR) is 94.2 cm³/mol. The summed E-state index contributed by atoms with van der Waals surface area (Å²) in [6, 6.07) is 0.0966. The van der Waals surface area contributed by atoms with Gasteiger partial charge in [0, 0.05) is 30.0 Å². The Morgan fingerprint density at radius 3 is 2.82 bits per heavy atom. The number of nitrogens with two attached hydrogens (primary N) is 1. The molecule has 1 amide bonds. The molecule has 2 N–H and O–H groups in total. The second-order valence-corrected chi connectivity index (χ2v) is 6.58. The topological polar surface area (TPSA) is 72.1 Å². The molecule has 3 rings (SSSR count). The van der Waals surface area contributed by atoms with Crippen LogP contribution in [0.4, 0.5) is 0 Å². The Kier molecular flexibility index (Phi) is 7.71. The maximum atomic E-state index is 12.6. The van der Waals surface area contributed by atoms with Crippen LogP contribution in [-0.4, -0.2) is 27.3 Å². The van der Waals surface area contributed by atoms with E-state index in [2.05, 4.69) is 9.97 Å². The van der Waals surface area contributed by atoms with Crippen LogP contribution in [0, 0.1) is 0 Å². The van der Waals surface area contributed by atoms with Crippen molar-refractivity contribution in [3.05, 3.63) is 32.7 Å². The number of likely N-dealkylation sites (tertiary alicyclic amines) is 1. The second-order valence-electron chi connectivity index (χ2n) is 4.71. The largest absolute Gasteiger partial charge is 0.328 e. The second kappa shape index (κ2) is 8.79. The first kappa shape index (κ1) is 19.3. The number of carbonyl (C=O) groups excluding carboxylic acids is 1. The van der Waals surface area contributed by atoms with Gasteiger partial charge in [-0.3, -0.25) is 4.79 Å². The van der Waals surface area contributed by atoms with Crippen molar-refractivity contribution in [1.82, 2.24) is 14.9 Å². The lowest BCUT2D eigenvalue weighted by Crippen LogP contribution is -2.38. The lowest BCUT2D eigenvalue weighted by molar-refractivity contribution is 0.0605. The summed E-state index contributed by atoms with van der Waals surface area (Å²) in [5, 5.41) is 5.59. The van der Waals surface area contributed by atoms with Gasteiger partial charge in [-0.1, -0.05) is 0 Å². The smallest absolute Gasteiger partial charge is 0.273 e. The third kappa shape index (κ3) is 3.97. The summed E-state index contributed by atoms with van der Waals surface area (Å²) in [4.78, 5) is 23.2. The van der Waals surface area contributed by atoms with Gasteiger partial charge in [0.05, 0.1) is 6.04 Å². The zero-order chi connectivity index (χ0) is 13.9. The van der Waals surface area contributed by atoms with Crippen molar-refractivity contribution < 1.29 is 4.79 Å². The minimum atomic E-state index is 0.